The van der Waals surface area contributed by atoms with Crippen LogP contribution in [0.25, 0.3) is 0 Å². The van der Waals surface area contributed by atoms with Crippen LogP contribution in [-0.4, -0.2) is 33.7 Å². The summed E-state index contributed by atoms with van der Waals surface area (Å²) < 4.78 is 5.21. The molecule has 26 heavy (non-hydrogen) atoms. The number of aryl methyl sites for hydroxylation is 2. The molecule has 0 unspecified atom stereocenters. The minimum atomic E-state index is -0.859. The van der Waals surface area contributed by atoms with E-state index in [1.807, 2.05) is 42.2 Å². The number of aromatic nitrogens is 1. The Morgan fingerprint density at radius 3 is 2.65 bits per heavy atom. The molecule has 1 aromatic carbocycles. The lowest BCUT2D eigenvalue weighted by molar-refractivity contribution is -0.110. The molecule has 0 spiro atoms. The number of benzene rings is 1. The standard InChI is InChI=1S/C21H26N2O3/c1-14-19(15(2)26-22-14)20(24)23-13-12-21(25,16-8-4-3-5-9-16)17-10-6-7-11-18(17)23/h3-5,8-9,17-18,25H,6-7,10-13H2,1-2H3/t17-,18-,21+/m0/s1. The highest BCUT2D eigenvalue weighted by atomic mass is 16.5. The second-order valence-corrected chi connectivity index (χ2v) is 7.70. The number of hydrogen-bond donors (Lipinski definition) is 1. The van der Waals surface area contributed by atoms with Gasteiger partial charge in [0, 0.05) is 18.5 Å². The summed E-state index contributed by atoms with van der Waals surface area (Å²) in [5, 5.41) is 15.5. The molecule has 1 aromatic heterocycles. The highest BCUT2D eigenvalue weighted by Gasteiger charge is 2.50. The molecule has 1 saturated carbocycles. The summed E-state index contributed by atoms with van der Waals surface area (Å²) in [6.07, 6.45) is 4.64. The number of aliphatic hydroxyl groups is 1. The molecule has 5 heteroatoms. The summed E-state index contributed by atoms with van der Waals surface area (Å²) in [5.74, 6) is 0.633. The van der Waals surface area contributed by atoms with Gasteiger partial charge in [-0.1, -0.05) is 48.3 Å². The number of rotatable bonds is 2. The lowest BCUT2D eigenvalue weighted by Crippen LogP contribution is -2.59. The van der Waals surface area contributed by atoms with Gasteiger partial charge < -0.3 is 14.5 Å². The maximum Gasteiger partial charge on any atom is 0.259 e. The van der Waals surface area contributed by atoms with Gasteiger partial charge >= 0.3 is 0 Å². The van der Waals surface area contributed by atoms with E-state index in [0.717, 1.165) is 31.2 Å². The highest BCUT2D eigenvalue weighted by Crippen LogP contribution is 2.47. The first-order chi connectivity index (χ1) is 12.5. The van der Waals surface area contributed by atoms with Gasteiger partial charge in [-0.25, -0.2) is 0 Å². The number of nitrogens with zero attached hydrogens (tertiary/aromatic N) is 2. The van der Waals surface area contributed by atoms with E-state index in [-0.39, 0.29) is 17.9 Å². The quantitative estimate of drug-likeness (QED) is 0.895. The lowest BCUT2D eigenvalue weighted by atomic mass is 9.66. The minimum Gasteiger partial charge on any atom is -0.385 e. The fourth-order valence-electron chi connectivity index (χ4n) is 4.95. The highest BCUT2D eigenvalue weighted by molar-refractivity contribution is 5.96. The van der Waals surface area contributed by atoms with E-state index in [4.69, 9.17) is 4.52 Å². The second kappa shape index (κ2) is 6.54. The third-order valence-corrected chi connectivity index (χ3v) is 6.26. The molecule has 0 bridgehead atoms. The summed E-state index contributed by atoms with van der Waals surface area (Å²) in [6.45, 7) is 4.15. The van der Waals surface area contributed by atoms with Gasteiger partial charge in [-0.05, 0) is 38.7 Å². The summed E-state index contributed by atoms with van der Waals surface area (Å²) in [5.41, 5.74) is 1.34. The molecule has 1 amide bonds. The summed E-state index contributed by atoms with van der Waals surface area (Å²) >= 11 is 0. The maximum atomic E-state index is 13.2. The molecule has 1 saturated heterocycles. The molecule has 0 radical (unpaired) electrons. The zero-order chi connectivity index (χ0) is 18.3. The van der Waals surface area contributed by atoms with Gasteiger partial charge in [0.05, 0.1) is 11.3 Å². The summed E-state index contributed by atoms with van der Waals surface area (Å²) in [4.78, 5) is 15.2. The van der Waals surface area contributed by atoms with E-state index in [2.05, 4.69) is 5.16 Å². The predicted molar refractivity (Wildman–Crippen MR) is 97.7 cm³/mol. The second-order valence-electron chi connectivity index (χ2n) is 7.70. The number of likely N-dealkylation sites (tertiary alicyclic amines) is 1. The van der Waals surface area contributed by atoms with Crippen molar-refractivity contribution in [2.45, 2.75) is 57.6 Å². The minimum absolute atomic E-state index is 0.00624. The first-order valence-electron chi connectivity index (χ1n) is 9.54. The Bertz CT molecular complexity index is 781. The average molecular weight is 354 g/mol. The lowest BCUT2D eigenvalue weighted by Gasteiger charge is -2.52. The Hall–Kier alpha value is -2.14. The largest absolute Gasteiger partial charge is 0.385 e. The van der Waals surface area contributed by atoms with Crippen molar-refractivity contribution in [2.24, 2.45) is 5.92 Å². The number of carbonyl (C=O) groups is 1. The van der Waals surface area contributed by atoms with Crippen molar-refractivity contribution < 1.29 is 14.4 Å². The third-order valence-electron chi connectivity index (χ3n) is 6.26. The van der Waals surface area contributed by atoms with E-state index < -0.39 is 5.60 Å². The molecule has 4 rings (SSSR count). The Labute approximate surface area is 154 Å². The van der Waals surface area contributed by atoms with Crippen molar-refractivity contribution in [3.05, 3.63) is 52.9 Å². The Balaban J connectivity index is 1.68. The number of piperidine rings is 1. The van der Waals surface area contributed by atoms with Crippen LogP contribution in [0.15, 0.2) is 34.9 Å². The number of fused-ring (bicyclic) bond motifs is 1. The van der Waals surface area contributed by atoms with Crippen molar-refractivity contribution >= 4 is 5.91 Å². The molecule has 2 aromatic rings. The van der Waals surface area contributed by atoms with Crippen molar-refractivity contribution in [3.63, 3.8) is 0 Å². The van der Waals surface area contributed by atoms with Gasteiger partial charge in [0.15, 0.2) is 0 Å². The molecule has 138 valence electrons. The SMILES string of the molecule is Cc1noc(C)c1C(=O)N1CC[C@@](O)(c2ccccc2)[C@H]2CCCC[C@@H]21. The summed E-state index contributed by atoms with van der Waals surface area (Å²) in [6, 6.07) is 10.0. The first kappa shape index (κ1) is 17.3. The van der Waals surface area contributed by atoms with Crippen molar-refractivity contribution in [2.75, 3.05) is 6.54 Å². The molecule has 1 N–H and O–H groups in total. The normalized spacial score (nSPS) is 28.7. The van der Waals surface area contributed by atoms with E-state index in [9.17, 15) is 9.90 Å². The van der Waals surface area contributed by atoms with Crippen LogP contribution in [-0.2, 0) is 5.60 Å². The Morgan fingerprint density at radius 2 is 1.96 bits per heavy atom. The molecular weight excluding hydrogens is 328 g/mol. The van der Waals surface area contributed by atoms with Gasteiger partial charge in [0.25, 0.3) is 5.91 Å². The fourth-order valence-corrected chi connectivity index (χ4v) is 4.95. The van der Waals surface area contributed by atoms with E-state index >= 15 is 0 Å². The molecule has 5 nitrogen and oxygen atoms in total. The van der Waals surface area contributed by atoms with Crippen LogP contribution in [0.3, 0.4) is 0 Å². The first-order valence-corrected chi connectivity index (χ1v) is 9.54. The average Bonchev–Trinajstić information content (AvgIpc) is 3.01. The molecule has 1 aliphatic carbocycles. The number of amides is 1. The molecule has 2 aliphatic rings. The van der Waals surface area contributed by atoms with Gasteiger partial charge in [-0.15, -0.1) is 0 Å². The van der Waals surface area contributed by atoms with E-state index in [1.54, 1.807) is 6.92 Å². The predicted octanol–water partition coefficient (Wildman–Crippen LogP) is 3.58. The number of carbonyl (C=O) groups excluding carboxylic acids is 1. The van der Waals surface area contributed by atoms with Crippen molar-refractivity contribution in [1.29, 1.82) is 0 Å². The molecular formula is C21H26N2O3. The smallest absolute Gasteiger partial charge is 0.259 e. The molecule has 2 heterocycles. The molecule has 2 fully saturated rings. The monoisotopic (exact) mass is 354 g/mol. The Morgan fingerprint density at radius 1 is 1.23 bits per heavy atom. The fraction of sp³-hybridized carbons (Fsp3) is 0.524. The van der Waals surface area contributed by atoms with Crippen LogP contribution in [0.1, 0.15) is 59.5 Å². The zero-order valence-corrected chi connectivity index (χ0v) is 15.4. The van der Waals surface area contributed by atoms with Gasteiger partial charge in [-0.2, -0.15) is 0 Å². The topological polar surface area (TPSA) is 66.6 Å². The third kappa shape index (κ3) is 2.65. The molecule has 1 aliphatic heterocycles. The molecule has 3 atom stereocenters. The zero-order valence-electron chi connectivity index (χ0n) is 15.4. The van der Waals surface area contributed by atoms with Gasteiger partial charge in [0.2, 0.25) is 0 Å². The van der Waals surface area contributed by atoms with Crippen LogP contribution >= 0.6 is 0 Å². The van der Waals surface area contributed by atoms with Crippen LogP contribution in [0.4, 0.5) is 0 Å². The van der Waals surface area contributed by atoms with Crippen LogP contribution in [0.5, 0.6) is 0 Å². The van der Waals surface area contributed by atoms with Crippen molar-refractivity contribution in [1.82, 2.24) is 10.1 Å². The number of hydrogen-bond acceptors (Lipinski definition) is 4. The van der Waals surface area contributed by atoms with E-state index in [1.165, 1.54) is 0 Å². The summed E-state index contributed by atoms with van der Waals surface area (Å²) in [7, 11) is 0. The van der Waals surface area contributed by atoms with Crippen molar-refractivity contribution in [3.8, 4) is 0 Å². The van der Waals surface area contributed by atoms with Gasteiger partial charge in [0.1, 0.15) is 11.3 Å². The van der Waals surface area contributed by atoms with Gasteiger partial charge in [-0.3, -0.25) is 4.79 Å². The van der Waals surface area contributed by atoms with Crippen LogP contribution in [0.2, 0.25) is 0 Å². The van der Waals surface area contributed by atoms with Crippen LogP contribution in [0, 0.1) is 19.8 Å². The van der Waals surface area contributed by atoms with Crippen LogP contribution < -0.4 is 0 Å². The maximum absolute atomic E-state index is 13.2. The van der Waals surface area contributed by atoms with E-state index in [0.29, 0.717) is 30.0 Å². The Kier molecular flexibility index (Phi) is 4.35.